The highest BCUT2D eigenvalue weighted by Gasteiger charge is 1.96. The van der Waals surface area contributed by atoms with Crippen LogP contribution in [0.15, 0.2) is 28.9 Å². The largest absolute Gasteiger partial charge is 0.465 e. The summed E-state index contributed by atoms with van der Waals surface area (Å²) in [5.41, 5.74) is 0. The fourth-order valence-corrected chi connectivity index (χ4v) is 1.21. The average Bonchev–Trinajstić information content (AvgIpc) is 2.74. The molecule has 0 saturated heterocycles. The fourth-order valence-electron chi connectivity index (χ4n) is 1.21. The SMILES string of the molecule is CN(C)CCCNC(=O)/C=C/c1ccco1. The molecule has 16 heavy (non-hydrogen) atoms. The van der Waals surface area contributed by atoms with Gasteiger partial charge < -0.3 is 14.6 Å². The number of rotatable bonds is 6. The van der Waals surface area contributed by atoms with Crippen LogP contribution in [0, 0.1) is 0 Å². The summed E-state index contributed by atoms with van der Waals surface area (Å²) in [5, 5.41) is 2.81. The molecule has 0 unspecified atom stereocenters. The highest BCUT2D eigenvalue weighted by atomic mass is 16.3. The maximum Gasteiger partial charge on any atom is 0.244 e. The molecule has 1 aromatic rings. The number of amides is 1. The van der Waals surface area contributed by atoms with Gasteiger partial charge in [0.2, 0.25) is 5.91 Å². The second kappa shape index (κ2) is 6.85. The number of nitrogens with zero attached hydrogens (tertiary/aromatic N) is 1. The van der Waals surface area contributed by atoms with Crippen molar-refractivity contribution < 1.29 is 9.21 Å². The highest BCUT2D eigenvalue weighted by molar-refractivity contribution is 5.91. The summed E-state index contributed by atoms with van der Waals surface area (Å²) < 4.78 is 5.07. The third-order valence-corrected chi connectivity index (χ3v) is 2.02. The van der Waals surface area contributed by atoms with E-state index in [9.17, 15) is 4.79 Å². The van der Waals surface area contributed by atoms with Crippen molar-refractivity contribution in [3.8, 4) is 0 Å². The molecule has 0 saturated carbocycles. The second-order valence-electron chi connectivity index (χ2n) is 3.80. The third kappa shape index (κ3) is 5.36. The summed E-state index contributed by atoms with van der Waals surface area (Å²) in [6.07, 6.45) is 5.66. The predicted octanol–water partition coefficient (Wildman–Crippen LogP) is 1.36. The van der Waals surface area contributed by atoms with Gasteiger partial charge in [0.05, 0.1) is 6.26 Å². The highest BCUT2D eigenvalue weighted by Crippen LogP contribution is 2.01. The number of carbonyl (C=O) groups excluding carboxylic acids is 1. The van der Waals surface area contributed by atoms with Crippen LogP contribution in [-0.4, -0.2) is 38.0 Å². The van der Waals surface area contributed by atoms with Crippen LogP contribution in [0.4, 0.5) is 0 Å². The minimum Gasteiger partial charge on any atom is -0.465 e. The lowest BCUT2D eigenvalue weighted by atomic mass is 10.3. The van der Waals surface area contributed by atoms with Gasteiger partial charge in [-0.1, -0.05) is 0 Å². The summed E-state index contributed by atoms with van der Waals surface area (Å²) in [7, 11) is 4.03. The molecule has 0 aromatic carbocycles. The lowest BCUT2D eigenvalue weighted by Crippen LogP contribution is -2.25. The molecule has 0 aliphatic rings. The van der Waals surface area contributed by atoms with Crippen molar-refractivity contribution in [3.63, 3.8) is 0 Å². The molecule has 88 valence electrons. The number of hydrogen-bond donors (Lipinski definition) is 1. The quantitative estimate of drug-likeness (QED) is 0.584. The van der Waals surface area contributed by atoms with Gasteiger partial charge in [-0.25, -0.2) is 0 Å². The van der Waals surface area contributed by atoms with E-state index in [1.54, 1.807) is 24.5 Å². The molecule has 1 aromatic heterocycles. The first-order chi connectivity index (χ1) is 7.68. The smallest absolute Gasteiger partial charge is 0.244 e. The fraction of sp³-hybridized carbons (Fsp3) is 0.417. The normalized spacial score (nSPS) is 11.2. The summed E-state index contributed by atoms with van der Waals surface area (Å²) in [4.78, 5) is 13.4. The Hall–Kier alpha value is -1.55. The monoisotopic (exact) mass is 222 g/mol. The van der Waals surface area contributed by atoms with Gasteiger partial charge in [-0.15, -0.1) is 0 Å². The van der Waals surface area contributed by atoms with Crippen molar-refractivity contribution in [2.24, 2.45) is 0 Å². The Morgan fingerprint density at radius 1 is 1.56 bits per heavy atom. The first-order valence-electron chi connectivity index (χ1n) is 5.32. The first kappa shape index (κ1) is 12.5. The summed E-state index contributed by atoms with van der Waals surface area (Å²) in [5.74, 6) is 0.596. The minimum atomic E-state index is -0.0878. The maximum absolute atomic E-state index is 11.3. The van der Waals surface area contributed by atoms with Crippen molar-refractivity contribution in [1.82, 2.24) is 10.2 Å². The Balaban J connectivity index is 2.16. The number of carbonyl (C=O) groups is 1. The molecule has 0 atom stereocenters. The third-order valence-electron chi connectivity index (χ3n) is 2.02. The zero-order valence-electron chi connectivity index (χ0n) is 9.77. The van der Waals surface area contributed by atoms with Crippen molar-refractivity contribution in [2.45, 2.75) is 6.42 Å². The molecule has 1 N–H and O–H groups in total. The van der Waals surface area contributed by atoms with Gasteiger partial charge in [-0.2, -0.15) is 0 Å². The van der Waals surface area contributed by atoms with Crippen molar-refractivity contribution in [3.05, 3.63) is 30.2 Å². The maximum atomic E-state index is 11.3. The molecule has 1 amide bonds. The predicted molar refractivity (Wildman–Crippen MR) is 63.9 cm³/mol. The topological polar surface area (TPSA) is 45.5 Å². The van der Waals surface area contributed by atoms with E-state index < -0.39 is 0 Å². The molecule has 0 aliphatic carbocycles. The van der Waals surface area contributed by atoms with E-state index in [1.807, 2.05) is 14.1 Å². The lowest BCUT2D eigenvalue weighted by Gasteiger charge is -2.08. The standard InChI is InChI=1S/C12H18N2O2/c1-14(2)9-4-8-13-12(15)7-6-11-5-3-10-16-11/h3,5-7,10H,4,8-9H2,1-2H3,(H,13,15)/b7-6+. The minimum absolute atomic E-state index is 0.0878. The molecule has 1 rings (SSSR count). The first-order valence-corrected chi connectivity index (χ1v) is 5.32. The second-order valence-corrected chi connectivity index (χ2v) is 3.80. The Morgan fingerprint density at radius 3 is 3.00 bits per heavy atom. The summed E-state index contributed by atoms with van der Waals surface area (Å²) in [6.45, 7) is 1.67. The Morgan fingerprint density at radius 2 is 2.38 bits per heavy atom. The average molecular weight is 222 g/mol. The zero-order valence-corrected chi connectivity index (χ0v) is 9.77. The van der Waals surface area contributed by atoms with E-state index in [0.29, 0.717) is 12.3 Å². The van der Waals surface area contributed by atoms with Crippen molar-refractivity contribution in [1.29, 1.82) is 0 Å². The van der Waals surface area contributed by atoms with Crippen LogP contribution in [-0.2, 0) is 4.79 Å². The van der Waals surface area contributed by atoms with E-state index in [1.165, 1.54) is 6.08 Å². The molecule has 4 nitrogen and oxygen atoms in total. The molecule has 1 heterocycles. The Bertz CT molecular complexity index is 329. The molecular formula is C12H18N2O2. The van der Waals surface area contributed by atoms with Crippen LogP contribution in [0.1, 0.15) is 12.2 Å². The summed E-state index contributed by atoms with van der Waals surface area (Å²) in [6, 6.07) is 3.59. The van der Waals surface area contributed by atoms with Crippen LogP contribution >= 0.6 is 0 Å². The van der Waals surface area contributed by atoms with Gasteiger partial charge in [-0.05, 0) is 45.3 Å². The van der Waals surface area contributed by atoms with Crippen molar-refractivity contribution in [2.75, 3.05) is 27.2 Å². The van der Waals surface area contributed by atoms with Gasteiger partial charge in [0.1, 0.15) is 5.76 Å². The van der Waals surface area contributed by atoms with Crippen LogP contribution in [0.3, 0.4) is 0 Å². The van der Waals surface area contributed by atoms with Crippen LogP contribution in [0.2, 0.25) is 0 Å². The molecule has 4 heteroatoms. The number of hydrogen-bond acceptors (Lipinski definition) is 3. The molecule has 0 bridgehead atoms. The van der Waals surface area contributed by atoms with E-state index in [-0.39, 0.29) is 5.91 Å². The molecule has 0 spiro atoms. The molecular weight excluding hydrogens is 204 g/mol. The summed E-state index contributed by atoms with van der Waals surface area (Å²) >= 11 is 0. The number of nitrogens with one attached hydrogen (secondary N) is 1. The van der Waals surface area contributed by atoms with Crippen molar-refractivity contribution >= 4 is 12.0 Å². The van der Waals surface area contributed by atoms with Gasteiger partial charge in [0.15, 0.2) is 0 Å². The Kier molecular flexibility index (Phi) is 5.36. The van der Waals surface area contributed by atoms with Gasteiger partial charge in [-0.3, -0.25) is 4.79 Å². The van der Waals surface area contributed by atoms with Gasteiger partial charge in [0.25, 0.3) is 0 Å². The Labute approximate surface area is 95.9 Å². The van der Waals surface area contributed by atoms with E-state index >= 15 is 0 Å². The van der Waals surface area contributed by atoms with Gasteiger partial charge >= 0.3 is 0 Å². The van der Waals surface area contributed by atoms with E-state index in [0.717, 1.165) is 13.0 Å². The number of furan rings is 1. The van der Waals surface area contributed by atoms with Crippen LogP contribution in [0.5, 0.6) is 0 Å². The van der Waals surface area contributed by atoms with Crippen LogP contribution < -0.4 is 5.32 Å². The van der Waals surface area contributed by atoms with E-state index in [4.69, 9.17) is 4.42 Å². The van der Waals surface area contributed by atoms with E-state index in [2.05, 4.69) is 10.2 Å². The van der Waals surface area contributed by atoms with Crippen LogP contribution in [0.25, 0.3) is 6.08 Å². The molecule has 0 aliphatic heterocycles. The zero-order chi connectivity index (χ0) is 11.8. The lowest BCUT2D eigenvalue weighted by molar-refractivity contribution is -0.116. The molecule has 0 fully saturated rings. The molecule has 0 radical (unpaired) electrons. The van der Waals surface area contributed by atoms with Gasteiger partial charge in [0, 0.05) is 12.6 Å².